The van der Waals surface area contributed by atoms with Crippen LogP contribution in [0.25, 0.3) is 0 Å². The lowest BCUT2D eigenvalue weighted by atomic mass is 9.85. The summed E-state index contributed by atoms with van der Waals surface area (Å²) in [4.78, 5) is 13.6. The van der Waals surface area contributed by atoms with Gasteiger partial charge in [0.05, 0.1) is 4.90 Å². The van der Waals surface area contributed by atoms with Crippen LogP contribution in [-0.4, -0.2) is 33.5 Å². The van der Waals surface area contributed by atoms with Gasteiger partial charge in [-0.15, -0.1) is 12.4 Å². The van der Waals surface area contributed by atoms with E-state index in [1.165, 1.54) is 6.92 Å². The SMILES string of the molecule is CC(=O)N1CCc2cc(S(=O)(=O)NC3CCCCC3CN)ccc21.Cl. The van der Waals surface area contributed by atoms with Crippen molar-refractivity contribution in [3.63, 3.8) is 0 Å². The van der Waals surface area contributed by atoms with E-state index >= 15 is 0 Å². The van der Waals surface area contributed by atoms with Crippen molar-refractivity contribution in [3.8, 4) is 0 Å². The maximum Gasteiger partial charge on any atom is 0.240 e. The largest absolute Gasteiger partial charge is 0.330 e. The fourth-order valence-corrected chi connectivity index (χ4v) is 5.17. The Labute approximate surface area is 155 Å². The van der Waals surface area contributed by atoms with Crippen molar-refractivity contribution in [1.29, 1.82) is 0 Å². The average Bonchev–Trinajstić information content (AvgIpc) is 2.98. The lowest BCUT2D eigenvalue weighted by Crippen LogP contribution is -2.44. The predicted octanol–water partition coefficient (Wildman–Crippen LogP) is 1.81. The number of hydrogen-bond donors (Lipinski definition) is 2. The Bertz CT molecular complexity index is 739. The summed E-state index contributed by atoms with van der Waals surface area (Å²) < 4.78 is 28.3. The summed E-state index contributed by atoms with van der Waals surface area (Å²) in [5.74, 6) is 0.187. The van der Waals surface area contributed by atoms with E-state index in [1.54, 1.807) is 23.1 Å². The van der Waals surface area contributed by atoms with Crippen LogP contribution in [0, 0.1) is 5.92 Å². The van der Waals surface area contributed by atoms with E-state index in [-0.39, 0.29) is 35.2 Å². The minimum Gasteiger partial charge on any atom is -0.330 e. The summed E-state index contributed by atoms with van der Waals surface area (Å²) >= 11 is 0. The molecule has 3 rings (SSSR count). The van der Waals surface area contributed by atoms with E-state index in [0.717, 1.165) is 36.9 Å². The van der Waals surface area contributed by atoms with Crippen molar-refractivity contribution in [1.82, 2.24) is 4.72 Å². The van der Waals surface area contributed by atoms with Gasteiger partial charge in [0.2, 0.25) is 15.9 Å². The number of nitrogens with two attached hydrogens (primary N) is 1. The molecule has 0 bridgehead atoms. The van der Waals surface area contributed by atoms with Crippen molar-refractivity contribution in [2.24, 2.45) is 11.7 Å². The second-order valence-electron chi connectivity index (χ2n) is 6.72. The van der Waals surface area contributed by atoms with Crippen LogP contribution in [-0.2, 0) is 21.2 Å². The van der Waals surface area contributed by atoms with Gasteiger partial charge in [-0.3, -0.25) is 4.79 Å². The third-order valence-corrected chi connectivity index (χ3v) is 6.64. The highest BCUT2D eigenvalue weighted by Gasteiger charge is 2.30. The second-order valence-corrected chi connectivity index (χ2v) is 8.43. The van der Waals surface area contributed by atoms with E-state index in [9.17, 15) is 13.2 Å². The third-order valence-electron chi connectivity index (χ3n) is 5.16. The first-order valence-electron chi connectivity index (χ1n) is 8.56. The fraction of sp³-hybridized carbons (Fsp3) is 0.588. The van der Waals surface area contributed by atoms with E-state index in [1.807, 2.05) is 0 Å². The fourth-order valence-electron chi connectivity index (χ4n) is 3.78. The molecule has 1 heterocycles. The topological polar surface area (TPSA) is 92.5 Å². The molecule has 25 heavy (non-hydrogen) atoms. The number of halogens is 1. The zero-order valence-corrected chi connectivity index (χ0v) is 16.0. The molecule has 1 saturated carbocycles. The minimum atomic E-state index is -3.57. The highest BCUT2D eigenvalue weighted by Crippen LogP contribution is 2.31. The molecule has 2 aliphatic rings. The summed E-state index contributed by atoms with van der Waals surface area (Å²) in [6.07, 6.45) is 4.64. The molecule has 1 fully saturated rings. The predicted molar refractivity (Wildman–Crippen MR) is 101 cm³/mol. The summed E-state index contributed by atoms with van der Waals surface area (Å²) in [6, 6.07) is 4.93. The van der Waals surface area contributed by atoms with Gasteiger partial charge in [0.15, 0.2) is 0 Å². The molecule has 1 aromatic carbocycles. The van der Waals surface area contributed by atoms with Crippen LogP contribution in [0.4, 0.5) is 5.69 Å². The Hall–Kier alpha value is -1.15. The van der Waals surface area contributed by atoms with Crippen molar-refractivity contribution < 1.29 is 13.2 Å². The van der Waals surface area contributed by atoms with Crippen molar-refractivity contribution >= 4 is 34.0 Å². The number of rotatable bonds is 4. The maximum atomic E-state index is 12.7. The first-order chi connectivity index (χ1) is 11.4. The van der Waals surface area contributed by atoms with Gasteiger partial charge in [-0.25, -0.2) is 13.1 Å². The smallest absolute Gasteiger partial charge is 0.240 e. The minimum absolute atomic E-state index is 0. The Morgan fingerprint density at radius 3 is 2.72 bits per heavy atom. The molecular formula is C17H26ClN3O3S. The van der Waals surface area contributed by atoms with Gasteiger partial charge in [-0.1, -0.05) is 12.8 Å². The van der Waals surface area contributed by atoms with Crippen LogP contribution in [0.5, 0.6) is 0 Å². The summed E-state index contributed by atoms with van der Waals surface area (Å²) in [5.41, 5.74) is 7.52. The normalized spacial score (nSPS) is 23.0. The molecule has 2 unspecified atom stereocenters. The van der Waals surface area contributed by atoms with Crippen molar-refractivity contribution in [2.75, 3.05) is 18.0 Å². The van der Waals surface area contributed by atoms with Gasteiger partial charge in [0, 0.05) is 25.2 Å². The number of amides is 1. The Morgan fingerprint density at radius 1 is 1.32 bits per heavy atom. The maximum absolute atomic E-state index is 12.7. The lowest BCUT2D eigenvalue weighted by Gasteiger charge is -2.31. The van der Waals surface area contributed by atoms with Crippen LogP contribution in [0.15, 0.2) is 23.1 Å². The van der Waals surface area contributed by atoms with Crippen LogP contribution < -0.4 is 15.4 Å². The van der Waals surface area contributed by atoms with E-state index in [4.69, 9.17) is 5.73 Å². The molecular weight excluding hydrogens is 362 g/mol. The molecule has 1 aliphatic carbocycles. The molecule has 0 aromatic heterocycles. The first-order valence-corrected chi connectivity index (χ1v) is 10.0. The monoisotopic (exact) mass is 387 g/mol. The Balaban J connectivity index is 0.00000225. The molecule has 0 radical (unpaired) electrons. The second kappa shape index (κ2) is 8.03. The lowest BCUT2D eigenvalue weighted by molar-refractivity contribution is -0.116. The van der Waals surface area contributed by atoms with Gasteiger partial charge < -0.3 is 10.6 Å². The van der Waals surface area contributed by atoms with Crippen LogP contribution in [0.3, 0.4) is 0 Å². The number of carbonyl (C=O) groups is 1. The van der Waals surface area contributed by atoms with Gasteiger partial charge in [0.1, 0.15) is 0 Å². The highest BCUT2D eigenvalue weighted by molar-refractivity contribution is 7.89. The number of fused-ring (bicyclic) bond motifs is 1. The average molecular weight is 388 g/mol. The molecule has 8 heteroatoms. The van der Waals surface area contributed by atoms with Gasteiger partial charge in [0.25, 0.3) is 0 Å². The molecule has 3 N–H and O–H groups in total. The number of carbonyl (C=O) groups excluding carboxylic acids is 1. The summed E-state index contributed by atoms with van der Waals surface area (Å²) in [7, 11) is -3.57. The Kier molecular flexibility index (Phi) is 6.48. The molecule has 0 spiro atoms. The molecule has 0 saturated heterocycles. The number of sulfonamides is 1. The molecule has 1 amide bonds. The van der Waals surface area contributed by atoms with Crippen molar-refractivity contribution in [3.05, 3.63) is 23.8 Å². The Morgan fingerprint density at radius 2 is 2.04 bits per heavy atom. The molecule has 2 atom stereocenters. The van der Waals surface area contributed by atoms with E-state index in [2.05, 4.69) is 4.72 Å². The number of hydrogen-bond acceptors (Lipinski definition) is 4. The molecule has 140 valence electrons. The zero-order chi connectivity index (χ0) is 17.3. The van der Waals surface area contributed by atoms with E-state index in [0.29, 0.717) is 19.5 Å². The number of benzene rings is 1. The third kappa shape index (κ3) is 4.16. The van der Waals surface area contributed by atoms with Gasteiger partial charge in [-0.2, -0.15) is 0 Å². The summed E-state index contributed by atoms with van der Waals surface area (Å²) in [5, 5.41) is 0. The zero-order valence-electron chi connectivity index (χ0n) is 14.4. The molecule has 1 aromatic rings. The summed E-state index contributed by atoms with van der Waals surface area (Å²) in [6.45, 7) is 2.64. The molecule has 6 nitrogen and oxygen atoms in total. The molecule has 1 aliphatic heterocycles. The van der Waals surface area contributed by atoms with Crippen LogP contribution in [0.1, 0.15) is 38.2 Å². The standard InChI is InChI=1S/C17H25N3O3S.ClH/c1-12(21)20-9-8-13-10-15(6-7-17(13)20)24(22,23)19-16-5-3-2-4-14(16)11-18;/h6-7,10,14,16,19H,2-5,8-9,11,18H2,1H3;1H. The van der Waals surface area contributed by atoms with Gasteiger partial charge in [-0.05, 0) is 55.5 Å². The van der Waals surface area contributed by atoms with Gasteiger partial charge >= 0.3 is 0 Å². The van der Waals surface area contributed by atoms with Crippen LogP contribution >= 0.6 is 12.4 Å². The number of nitrogens with zero attached hydrogens (tertiary/aromatic N) is 1. The van der Waals surface area contributed by atoms with E-state index < -0.39 is 10.0 Å². The number of anilines is 1. The van der Waals surface area contributed by atoms with Crippen LogP contribution in [0.2, 0.25) is 0 Å². The first kappa shape index (κ1) is 20.2. The highest BCUT2D eigenvalue weighted by atomic mass is 35.5. The quantitative estimate of drug-likeness (QED) is 0.824. The number of nitrogens with one attached hydrogen (secondary N) is 1. The van der Waals surface area contributed by atoms with Crippen molar-refractivity contribution in [2.45, 2.75) is 50.0 Å².